The Morgan fingerprint density at radius 3 is 2.30 bits per heavy atom. The summed E-state index contributed by atoms with van der Waals surface area (Å²) in [7, 11) is 1.65. The third-order valence-corrected chi connectivity index (χ3v) is 1.46. The number of amidine groups is 1. The van der Waals surface area contributed by atoms with E-state index in [9.17, 15) is 0 Å². The van der Waals surface area contributed by atoms with E-state index >= 15 is 0 Å². The van der Waals surface area contributed by atoms with Gasteiger partial charge in [0.2, 0.25) is 5.29 Å². The molecule has 0 rings (SSSR count). The fourth-order valence-electron chi connectivity index (χ4n) is 0.562. The summed E-state index contributed by atoms with van der Waals surface area (Å²) in [4.78, 5) is 3.75. The van der Waals surface area contributed by atoms with E-state index in [0.29, 0.717) is 5.29 Å². The van der Waals surface area contributed by atoms with Gasteiger partial charge in [0, 0.05) is 20.1 Å². The van der Waals surface area contributed by atoms with E-state index in [1.165, 1.54) is 0 Å². The van der Waals surface area contributed by atoms with Gasteiger partial charge >= 0.3 is 0 Å². The summed E-state index contributed by atoms with van der Waals surface area (Å²) in [5.41, 5.74) is 2.91. The molecular weight excluding hydrogens is 150 g/mol. The van der Waals surface area contributed by atoms with Crippen LogP contribution in [0.1, 0.15) is 13.8 Å². The molecule has 0 fully saturated rings. The number of hydrazine groups is 1. The van der Waals surface area contributed by atoms with Crippen LogP contribution in [0, 0.1) is 0 Å². The average Bonchev–Trinajstić information content (AvgIpc) is 1.99. The highest BCUT2D eigenvalue weighted by atomic mass is 35.5. The molecule has 0 amide bonds. The lowest BCUT2D eigenvalue weighted by atomic mass is 10.6. The number of halogens is 1. The molecule has 0 aromatic rings. The van der Waals surface area contributed by atoms with E-state index < -0.39 is 0 Å². The van der Waals surface area contributed by atoms with Gasteiger partial charge in [-0.3, -0.25) is 10.4 Å². The smallest absolute Gasteiger partial charge is 0.205 e. The second-order valence-corrected chi connectivity index (χ2v) is 2.16. The van der Waals surface area contributed by atoms with Crippen molar-refractivity contribution in [2.45, 2.75) is 13.8 Å². The summed E-state index contributed by atoms with van der Waals surface area (Å²) >= 11 is 5.61. The van der Waals surface area contributed by atoms with E-state index in [1.54, 1.807) is 7.05 Å². The van der Waals surface area contributed by atoms with Crippen LogP contribution in [0.2, 0.25) is 0 Å². The van der Waals surface area contributed by atoms with Crippen LogP contribution in [-0.4, -0.2) is 30.4 Å². The van der Waals surface area contributed by atoms with Gasteiger partial charge in [0.05, 0.1) is 0 Å². The van der Waals surface area contributed by atoms with Crippen molar-refractivity contribution in [3.8, 4) is 0 Å². The van der Waals surface area contributed by atoms with E-state index in [2.05, 4.69) is 24.3 Å². The van der Waals surface area contributed by atoms with Crippen molar-refractivity contribution in [3.63, 3.8) is 0 Å². The zero-order valence-corrected chi connectivity index (χ0v) is 7.44. The zero-order valence-electron chi connectivity index (χ0n) is 6.69. The first-order valence-electron chi connectivity index (χ1n) is 3.38. The lowest BCUT2D eigenvalue weighted by Crippen LogP contribution is -2.39. The Morgan fingerprint density at radius 2 is 2.00 bits per heavy atom. The molecule has 0 atom stereocenters. The topological polar surface area (TPSA) is 27.6 Å². The van der Waals surface area contributed by atoms with Crippen LogP contribution in [0.3, 0.4) is 0 Å². The molecule has 0 saturated heterocycles. The number of hydrogen-bond acceptors (Lipinski definition) is 2. The molecule has 0 saturated carbocycles. The van der Waals surface area contributed by atoms with Crippen LogP contribution in [-0.2, 0) is 0 Å². The minimum Gasteiger partial charge on any atom is -0.294 e. The van der Waals surface area contributed by atoms with Gasteiger partial charge in [0.1, 0.15) is 0 Å². The Balaban J connectivity index is 3.63. The van der Waals surface area contributed by atoms with Crippen molar-refractivity contribution >= 4 is 16.9 Å². The fraction of sp³-hybridized carbons (Fsp3) is 0.833. The molecule has 0 aliphatic heterocycles. The van der Waals surface area contributed by atoms with Gasteiger partial charge in [-0.2, -0.15) is 0 Å². The van der Waals surface area contributed by atoms with Crippen LogP contribution < -0.4 is 5.43 Å². The van der Waals surface area contributed by atoms with Gasteiger partial charge in [-0.15, -0.1) is 0 Å². The van der Waals surface area contributed by atoms with Crippen molar-refractivity contribution in [1.29, 1.82) is 0 Å². The predicted molar refractivity (Wildman–Crippen MR) is 45.3 cm³/mol. The van der Waals surface area contributed by atoms with Gasteiger partial charge in [-0.1, -0.05) is 13.8 Å². The lowest BCUT2D eigenvalue weighted by molar-refractivity contribution is 0.264. The zero-order chi connectivity index (χ0) is 7.98. The first-order valence-corrected chi connectivity index (χ1v) is 3.76. The molecule has 0 aliphatic rings. The summed E-state index contributed by atoms with van der Waals surface area (Å²) in [5.74, 6) is 0. The summed E-state index contributed by atoms with van der Waals surface area (Å²) < 4.78 is 0. The summed E-state index contributed by atoms with van der Waals surface area (Å²) in [6.07, 6.45) is 0. The fourth-order valence-corrected chi connectivity index (χ4v) is 0.682. The maximum absolute atomic E-state index is 5.61. The van der Waals surface area contributed by atoms with Gasteiger partial charge < -0.3 is 0 Å². The molecular formula is C6H14ClN3. The lowest BCUT2D eigenvalue weighted by Gasteiger charge is -2.18. The molecule has 0 radical (unpaired) electrons. The first-order chi connectivity index (χ1) is 4.74. The van der Waals surface area contributed by atoms with Gasteiger partial charge in [-0.05, 0) is 11.6 Å². The van der Waals surface area contributed by atoms with E-state index in [-0.39, 0.29) is 0 Å². The maximum atomic E-state index is 5.61. The Labute approximate surface area is 67.0 Å². The van der Waals surface area contributed by atoms with Crippen LogP contribution in [0.15, 0.2) is 4.99 Å². The molecule has 0 heterocycles. The number of aliphatic imine (C=N–C) groups is 1. The molecule has 4 heteroatoms. The summed E-state index contributed by atoms with van der Waals surface area (Å²) in [6, 6.07) is 0. The third-order valence-electron chi connectivity index (χ3n) is 1.21. The molecule has 0 aliphatic carbocycles. The van der Waals surface area contributed by atoms with E-state index in [0.717, 1.165) is 13.1 Å². The van der Waals surface area contributed by atoms with Crippen LogP contribution in [0.5, 0.6) is 0 Å². The maximum Gasteiger partial charge on any atom is 0.205 e. The predicted octanol–water partition coefficient (Wildman–Crippen LogP) is 1.06. The van der Waals surface area contributed by atoms with Crippen LogP contribution in [0.4, 0.5) is 0 Å². The number of hydrogen-bond donors (Lipinski definition) is 1. The van der Waals surface area contributed by atoms with Crippen LogP contribution >= 0.6 is 11.6 Å². The molecule has 1 N–H and O–H groups in total. The highest BCUT2D eigenvalue weighted by molar-refractivity contribution is 6.64. The van der Waals surface area contributed by atoms with Crippen molar-refractivity contribution in [2.75, 3.05) is 20.1 Å². The minimum absolute atomic E-state index is 0.434. The number of nitrogens with one attached hydrogen (secondary N) is 1. The summed E-state index contributed by atoms with van der Waals surface area (Å²) in [6.45, 7) is 5.94. The van der Waals surface area contributed by atoms with E-state index in [1.807, 2.05) is 5.01 Å². The van der Waals surface area contributed by atoms with Crippen molar-refractivity contribution in [2.24, 2.45) is 4.99 Å². The van der Waals surface area contributed by atoms with Crippen LogP contribution in [0.25, 0.3) is 0 Å². The third kappa shape index (κ3) is 3.69. The standard InChI is InChI=1S/C6H14ClN3/c1-4-10(5-2)9-6(7)8-3/h4-5H2,1-3H3,(H,8,9). The Hall–Kier alpha value is -0.280. The molecule has 0 aromatic heterocycles. The van der Waals surface area contributed by atoms with Crippen molar-refractivity contribution < 1.29 is 0 Å². The van der Waals surface area contributed by atoms with Crippen molar-refractivity contribution in [1.82, 2.24) is 10.4 Å². The number of nitrogens with zero attached hydrogens (tertiary/aromatic N) is 2. The molecule has 0 aromatic carbocycles. The second kappa shape index (κ2) is 5.50. The Bertz CT molecular complexity index is 110. The quantitative estimate of drug-likeness (QED) is 0.292. The molecule has 3 nitrogen and oxygen atoms in total. The molecule has 60 valence electrons. The van der Waals surface area contributed by atoms with Gasteiger partial charge in [0.15, 0.2) is 0 Å². The highest BCUT2D eigenvalue weighted by Crippen LogP contribution is 1.84. The minimum atomic E-state index is 0.434. The largest absolute Gasteiger partial charge is 0.294 e. The molecule has 10 heavy (non-hydrogen) atoms. The average molecular weight is 164 g/mol. The summed E-state index contributed by atoms with van der Waals surface area (Å²) in [5, 5.41) is 2.40. The first kappa shape index (κ1) is 9.72. The normalized spacial score (nSPS) is 12.3. The molecule has 0 bridgehead atoms. The van der Waals surface area contributed by atoms with E-state index in [4.69, 9.17) is 11.6 Å². The highest BCUT2D eigenvalue weighted by Gasteiger charge is 1.97. The monoisotopic (exact) mass is 163 g/mol. The Kier molecular flexibility index (Phi) is 5.35. The van der Waals surface area contributed by atoms with Gasteiger partial charge in [-0.25, -0.2) is 5.01 Å². The molecule has 0 spiro atoms. The SMILES string of the molecule is CCN(CC)NC(Cl)=NC. The second-order valence-electron chi connectivity index (χ2n) is 1.80. The van der Waals surface area contributed by atoms with Crippen molar-refractivity contribution in [3.05, 3.63) is 0 Å². The Morgan fingerprint density at radius 1 is 1.50 bits per heavy atom. The number of rotatable bonds is 3. The molecule has 0 unspecified atom stereocenters. The van der Waals surface area contributed by atoms with Gasteiger partial charge in [0.25, 0.3) is 0 Å².